The van der Waals surface area contributed by atoms with Crippen LogP contribution in [0.25, 0.3) is 0 Å². The van der Waals surface area contributed by atoms with Gasteiger partial charge in [-0.05, 0) is 31.4 Å². The van der Waals surface area contributed by atoms with Gasteiger partial charge in [0, 0.05) is 6.42 Å². The van der Waals surface area contributed by atoms with Gasteiger partial charge in [-0.1, -0.05) is 60.7 Å². The molecule has 0 aliphatic carbocycles. The summed E-state index contributed by atoms with van der Waals surface area (Å²) >= 11 is 0. The van der Waals surface area contributed by atoms with Crippen LogP contribution in [0.5, 0.6) is 0 Å². The van der Waals surface area contributed by atoms with E-state index < -0.39 is 60.3 Å². The largest absolute Gasteiger partial charge is 0.480 e. The highest BCUT2D eigenvalue weighted by atomic mass is 16.4. The minimum Gasteiger partial charge on any atom is -0.480 e. The van der Waals surface area contributed by atoms with Crippen LogP contribution in [0.4, 0.5) is 0 Å². The molecule has 7 N–H and O–H groups in total. The lowest BCUT2D eigenvalue weighted by molar-refractivity contribution is -0.138. The van der Waals surface area contributed by atoms with E-state index >= 15 is 0 Å². The van der Waals surface area contributed by atoms with E-state index in [1.54, 1.807) is 30.3 Å². The van der Waals surface area contributed by atoms with Crippen LogP contribution >= 0.6 is 0 Å². The lowest BCUT2D eigenvalue weighted by atomic mass is 10.0. The standard InChI is InChI=1S/C26H33N5O6/c1-16(30-25(36)20(27)13-18-9-5-3-6-10-18)23(34)29-17(2)24(35)31-21(26(37)28-15-22(32)33)14-19-11-7-4-8-12-19/h3-12,16-17,20-21H,13-15,27H2,1-2H3,(H,28,37)(H,29,34)(H,30,36)(H,31,35)(H,32,33)/t16-,17-,20-,21-/m1/s1. The zero-order valence-corrected chi connectivity index (χ0v) is 20.8. The second-order valence-electron chi connectivity index (χ2n) is 8.62. The zero-order chi connectivity index (χ0) is 27.4. The highest BCUT2D eigenvalue weighted by molar-refractivity contribution is 5.95. The summed E-state index contributed by atoms with van der Waals surface area (Å²) in [5.41, 5.74) is 7.58. The van der Waals surface area contributed by atoms with Crippen LogP contribution in [0.2, 0.25) is 0 Å². The Balaban J connectivity index is 1.92. The summed E-state index contributed by atoms with van der Waals surface area (Å²) in [6.07, 6.45) is 0.414. The van der Waals surface area contributed by atoms with Gasteiger partial charge in [0.05, 0.1) is 6.04 Å². The van der Waals surface area contributed by atoms with Crippen molar-refractivity contribution in [3.63, 3.8) is 0 Å². The first-order valence-electron chi connectivity index (χ1n) is 11.8. The minimum atomic E-state index is -1.22. The number of amides is 4. The quantitative estimate of drug-likeness (QED) is 0.210. The highest BCUT2D eigenvalue weighted by Gasteiger charge is 2.27. The van der Waals surface area contributed by atoms with Crippen molar-refractivity contribution in [2.45, 2.75) is 50.9 Å². The SMILES string of the molecule is C[C@@H](NC(=O)[C@H](N)Cc1ccccc1)C(=O)N[C@H](C)C(=O)N[C@H](Cc1ccccc1)C(=O)NCC(=O)O. The smallest absolute Gasteiger partial charge is 0.322 e. The van der Waals surface area contributed by atoms with Gasteiger partial charge in [-0.25, -0.2) is 0 Å². The second kappa shape index (κ2) is 14.3. The fourth-order valence-electron chi connectivity index (χ4n) is 3.39. The van der Waals surface area contributed by atoms with Gasteiger partial charge >= 0.3 is 5.97 Å². The molecule has 11 heteroatoms. The first-order chi connectivity index (χ1) is 17.6. The van der Waals surface area contributed by atoms with Gasteiger partial charge in [-0.15, -0.1) is 0 Å². The predicted octanol–water partition coefficient (Wildman–Crippen LogP) is -0.506. The molecule has 2 aromatic rings. The van der Waals surface area contributed by atoms with E-state index in [0.717, 1.165) is 11.1 Å². The van der Waals surface area contributed by atoms with Crippen LogP contribution in [0, 0.1) is 0 Å². The number of hydrogen-bond donors (Lipinski definition) is 6. The molecule has 0 spiro atoms. The summed E-state index contributed by atoms with van der Waals surface area (Å²) in [4.78, 5) is 61.1. The molecule has 0 bridgehead atoms. The van der Waals surface area contributed by atoms with Crippen LogP contribution in [0.3, 0.4) is 0 Å². The predicted molar refractivity (Wildman–Crippen MR) is 136 cm³/mol. The van der Waals surface area contributed by atoms with E-state index in [0.29, 0.717) is 6.42 Å². The van der Waals surface area contributed by atoms with Gasteiger partial charge in [0.1, 0.15) is 24.7 Å². The zero-order valence-electron chi connectivity index (χ0n) is 20.8. The number of carbonyl (C=O) groups is 5. The number of benzene rings is 2. The monoisotopic (exact) mass is 511 g/mol. The van der Waals surface area contributed by atoms with E-state index in [1.807, 2.05) is 30.3 Å². The first kappa shape index (κ1) is 29.0. The van der Waals surface area contributed by atoms with E-state index in [9.17, 15) is 24.0 Å². The Morgan fingerprint density at radius 2 is 1.16 bits per heavy atom. The van der Waals surface area contributed by atoms with Crippen LogP contribution in [-0.2, 0) is 36.8 Å². The molecular weight excluding hydrogens is 478 g/mol. The maximum absolute atomic E-state index is 12.7. The highest BCUT2D eigenvalue weighted by Crippen LogP contribution is 2.05. The summed E-state index contributed by atoms with van der Waals surface area (Å²) in [6, 6.07) is 14.1. The van der Waals surface area contributed by atoms with Crippen LogP contribution in [-0.4, -0.2) is 65.4 Å². The number of carbonyl (C=O) groups excluding carboxylic acids is 4. The molecule has 0 aliphatic heterocycles. The Bertz CT molecular complexity index is 1080. The van der Waals surface area contributed by atoms with E-state index in [2.05, 4.69) is 21.3 Å². The number of carboxylic acids is 1. The molecule has 0 aromatic heterocycles. The molecule has 198 valence electrons. The number of nitrogens with one attached hydrogen (secondary N) is 4. The van der Waals surface area contributed by atoms with Crippen LogP contribution < -0.4 is 27.0 Å². The molecule has 0 fully saturated rings. The van der Waals surface area contributed by atoms with Crippen molar-refractivity contribution in [3.8, 4) is 0 Å². The molecule has 11 nitrogen and oxygen atoms in total. The van der Waals surface area contributed by atoms with Gasteiger partial charge in [-0.3, -0.25) is 24.0 Å². The number of rotatable bonds is 13. The first-order valence-corrected chi connectivity index (χ1v) is 11.8. The van der Waals surface area contributed by atoms with Crippen molar-refractivity contribution >= 4 is 29.6 Å². The Labute approximate surface area is 215 Å². The van der Waals surface area contributed by atoms with Gasteiger partial charge in [0.25, 0.3) is 0 Å². The average Bonchev–Trinajstić information content (AvgIpc) is 2.87. The molecular formula is C26H33N5O6. The molecule has 4 amide bonds. The van der Waals surface area contributed by atoms with Crippen LogP contribution in [0.1, 0.15) is 25.0 Å². The van der Waals surface area contributed by atoms with Crippen molar-refractivity contribution in [1.29, 1.82) is 0 Å². The summed E-state index contributed by atoms with van der Waals surface area (Å²) in [5, 5.41) is 18.7. The summed E-state index contributed by atoms with van der Waals surface area (Å²) in [5.74, 6) is -3.68. The van der Waals surface area contributed by atoms with Gasteiger partial charge in [0.15, 0.2) is 0 Å². The van der Waals surface area contributed by atoms with Gasteiger partial charge < -0.3 is 32.1 Å². The molecule has 2 aromatic carbocycles. The molecule has 2 rings (SSSR count). The third-order valence-electron chi connectivity index (χ3n) is 5.47. The second-order valence-corrected chi connectivity index (χ2v) is 8.62. The molecule has 37 heavy (non-hydrogen) atoms. The number of nitrogens with two attached hydrogens (primary N) is 1. The lowest BCUT2D eigenvalue weighted by Crippen LogP contribution is -2.57. The maximum atomic E-state index is 12.7. The summed E-state index contributed by atoms with van der Waals surface area (Å²) < 4.78 is 0. The maximum Gasteiger partial charge on any atom is 0.322 e. The van der Waals surface area contributed by atoms with Crippen LogP contribution in [0.15, 0.2) is 60.7 Å². The Hall–Kier alpha value is -4.25. The van der Waals surface area contributed by atoms with E-state index in [4.69, 9.17) is 10.8 Å². The molecule has 4 atom stereocenters. The fourth-order valence-corrected chi connectivity index (χ4v) is 3.39. The van der Waals surface area contributed by atoms with E-state index in [1.165, 1.54) is 13.8 Å². The number of hydrogen-bond acceptors (Lipinski definition) is 6. The topological polar surface area (TPSA) is 180 Å². The molecule has 0 aliphatic rings. The third-order valence-corrected chi connectivity index (χ3v) is 5.47. The Morgan fingerprint density at radius 1 is 0.703 bits per heavy atom. The van der Waals surface area contributed by atoms with Crippen molar-refractivity contribution in [2.24, 2.45) is 5.73 Å². The molecule has 0 saturated heterocycles. The molecule has 0 saturated carbocycles. The number of carboxylic acid groups (broad SMARTS) is 1. The lowest BCUT2D eigenvalue weighted by Gasteiger charge is -2.23. The van der Waals surface area contributed by atoms with Gasteiger partial charge in [0.2, 0.25) is 23.6 Å². The number of aliphatic carboxylic acids is 1. The summed E-state index contributed by atoms with van der Waals surface area (Å²) in [6.45, 7) is 2.29. The van der Waals surface area contributed by atoms with Crippen molar-refractivity contribution in [2.75, 3.05) is 6.54 Å². The summed E-state index contributed by atoms with van der Waals surface area (Å²) in [7, 11) is 0. The molecule has 0 radical (unpaired) electrons. The third kappa shape index (κ3) is 10.1. The molecule has 0 heterocycles. The van der Waals surface area contributed by atoms with Gasteiger partial charge in [-0.2, -0.15) is 0 Å². The van der Waals surface area contributed by atoms with E-state index in [-0.39, 0.29) is 6.42 Å². The molecule has 0 unspecified atom stereocenters. The minimum absolute atomic E-state index is 0.116. The van der Waals surface area contributed by atoms with Crippen molar-refractivity contribution < 1.29 is 29.1 Å². The average molecular weight is 512 g/mol. The Kier molecular flexibility index (Phi) is 11.2. The fraction of sp³-hybridized carbons (Fsp3) is 0.346. The normalized spacial score (nSPS) is 13.8. The van der Waals surface area contributed by atoms with Crippen molar-refractivity contribution in [1.82, 2.24) is 21.3 Å². The Morgan fingerprint density at radius 3 is 1.68 bits per heavy atom. The van der Waals surface area contributed by atoms with Crippen molar-refractivity contribution in [3.05, 3.63) is 71.8 Å².